The number of hydrogen-bond donors (Lipinski definition) is 3. The van der Waals surface area contributed by atoms with E-state index in [1.54, 1.807) is 0 Å². The summed E-state index contributed by atoms with van der Waals surface area (Å²) < 4.78 is 6.36. The molecule has 6 nitrogen and oxygen atoms in total. The first-order valence-corrected chi connectivity index (χ1v) is 18.2. The van der Waals surface area contributed by atoms with E-state index in [-0.39, 0.29) is 0 Å². The lowest BCUT2D eigenvalue weighted by Gasteiger charge is -2.23. The number of hydrogen-bond acceptors (Lipinski definition) is 4. The van der Waals surface area contributed by atoms with Gasteiger partial charge in [-0.15, -0.1) is 0 Å². The second-order valence-electron chi connectivity index (χ2n) is 14.6. The number of ether oxygens (including phenoxy) is 1. The van der Waals surface area contributed by atoms with Crippen molar-refractivity contribution in [1.82, 2.24) is 19.9 Å². The van der Waals surface area contributed by atoms with Gasteiger partial charge in [0.05, 0.1) is 28.5 Å². The maximum atomic E-state index is 6.49. The molecule has 4 N–H and O–H groups in total. The molecule has 7 aromatic rings. The van der Waals surface area contributed by atoms with E-state index in [2.05, 4.69) is 131 Å². The zero-order valence-electron chi connectivity index (χ0n) is 30.4. The van der Waals surface area contributed by atoms with Crippen LogP contribution < -0.4 is 10.5 Å². The van der Waals surface area contributed by atoms with Crippen LogP contribution in [0.15, 0.2) is 133 Å². The number of aromatic nitrogens is 4. The van der Waals surface area contributed by atoms with Crippen LogP contribution in [-0.2, 0) is 0 Å². The third-order valence-electron chi connectivity index (χ3n) is 9.66. The van der Waals surface area contributed by atoms with Gasteiger partial charge in [0.1, 0.15) is 11.4 Å². The minimum Gasteiger partial charge on any atom is -0.486 e. The van der Waals surface area contributed by atoms with Crippen molar-refractivity contribution in [2.75, 3.05) is 5.73 Å². The molecule has 2 aliphatic heterocycles. The van der Waals surface area contributed by atoms with Gasteiger partial charge in [-0.25, -0.2) is 9.97 Å². The van der Waals surface area contributed by atoms with Gasteiger partial charge in [-0.05, 0) is 104 Å². The fraction of sp³-hybridized carbons (Fsp3) is 0.0833. The van der Waals surface area contributed by atoms with Crippen LogP contribution in [-0.4, -0.2) is 25.5 Å². The second kappa shape index (κ2) is 13.2. The van der Waals surface area contributed by atoms with Crippen LogP contribution in [0.25, 0.3) is 90.9 Å². The van der Waals surface area contributed by atoms with Gasteiger partial charge in [0.15, 0.2) is 0 Å². The number of aromatic amines is 2. The molecule has 54 heavy (non-hydrogen) atoms. The van der Waals surface area contributed by atoms with Crippen molar-refractivity contribution < 1.29 is 4.74 Å². The lowest BCUT2D eigenvalue weighted by Crippen LogP contribution is -2.23. The molecule has 0 spiro atoms. The molecule has 9 rings (SSSR count). The number of anilines is 1. The predicted molar refractivity (Wildman–Crippen MR) is 225 cm³/mol. The Balaban J connectivity index is 1.45. The smallest absolute Gasteiger partial charge is 0.143 e. The minimum atomic E-state index is -0.430. The van der Waals surface area contributed by atoms with Crippen molar-refractivity contribution in [1.29, 1.82) is 0 Å². The highest BCUT2D eigenvalue weighted by molar-refractivity contribution is 6.00. The highest BCUT2D eigenvalue weighted by Crippen LogP contribution is 2.40. The fourth-order valence-electron chi connectivity index (χ4n) is 7.34. The molecular weight excluding hydrogens is 663 g/mol. The Hall–Kier alpha value is -6.92. The van der Waals surface area contributed by atoms with Crippen LogP contribution in [0.1, 0.15) is 43.5 Å². The average molecular weight is 702 g/mol. The molecule has 0 saturated heterocycles. The van der Waals surface area contributed by atoms with Crippen molar-refractivity contribution in [3.63, 3.8) is 0 Å². The van der Waals surface area contributed by atoms with Crippen LogP contribution >= 0.6 is 0 Å². The Morgan fingerprint density at radius 1 is 0.444 bits per heavy atom. The van der Waals surface area contributed by atoms with E-state index in [1.807, 2.05) is 57.2 Å². The monoisotopic (exact) mass is 701 g/mol. The average Bonchev–Trinajstić information content (AvgIpc) is 4.02. The first kappa shape index (κ1) is 33.0. The van der Waals surface area contributed by atoms with Crippen LogP contribution in [0.4, 0.5) is 5.69 Å². The number of rotatable bonds is 5. The summed E-state index contributed by atoms with van der Waals surface area (Å²) in [7, 11) is 0. The molecule has 3 aromatic heterocycles. The highest BCUT2D eigenvalue weighted by Gasteiger charge is 2.20. The third kappa shape index (κ3) is 6.18. The van der Waals surface area contributed by atoms with E-state index in [9.17, 15) is 0 Å². The first-order valence-electron chi connectivity index (χ1n) is 18.2. The largest absolute Gasteiger partial charge is 0.486 e. The molecule has 0 unspecified atom stereocenters. The number of nitrogen functional groups attached to an aromatic ring is 1. The van der Waals surface area contributed by atoms with Gasteiger partial charge in [0.2, 0.25) is 0 Å². The highest BCUT2D eigenvalue weighted by atomic mass is 16.5. The summed E-state index contributed by atoms with van der Waals surface area (Å²) in [5.74, 6) is 0.629. The zero-order chi connectivity index (χ0) is 36.8. The molecule has 6 heteroatoms. The normalized spacial score (nSPS) is 12.3. The molecular formula is C48H39N5O. The summed E-state index contributed by atoms with van der Waals surface area (Å²) in [6.45, 7) is 6.08. The summed E-state index contributed by atoms with van der Waals surface area (Å²) in [5.41, 5.74) is 21.9. The Kier molecular flexibility index (Phi) is 8.08. The van der Waals surface area contributed by atoms with Gasteiger partial charge in [0, 0.05) is 44.3 Å². The maximum Gasteiger partial charge on any atom is 0.143 e. The number of benzene rings is 4. The summed E-state index contributed by atoms with van der Waals surface area (Å²) >= 11 is 0. The summed E-state index contributed by atoms with van der Waals surface area (Å²) in [4.78, 5) is 18.4. The Morgan fingerprint density at radius 3 is 1.15 bits per heavy atom. The van der Waals surface area contributed by atoms with Gasteiger partial charge >= 0.3 is 0 Å². The molecule has 4 aromatic carbocycles. The molecule has 262 valence electrons. The van der Waals surface area contributed by atoms with Gasteiger partial charge < -0.3 is 20.4 Å². The molecule has 5 heterocycles. The van der Waals surface area contributed by atoms with E-state index < -0.39 is 5.60 Å². The first-order chi connectivity index (χ1) is 26.3. The SMILES string of the molecule is CC(C)(C)Oc1cc(-c2c3nc(c(-c4ccccc4)c4ccc([nH]4)c(-c4ccccc4)c4nc(c(-c5ccccc5)c5ccc2[nH]5)C=C4)C=C3)ccc1N. The number of H-pyrrole nitrogens is 2. The molecule has 0 radical (unpaired) electrons. The lowest BCUT2D eigenvalue weighted by molar-refractivity contribution is 0.132. The molecule has 0 amide bonds. The Labute approximate surface area is 314 Å². The third-order valence-corrected chi connectivity index (χ3v) is 9.66. The van der Waals surface area contributed by atoms with E-state index >= 15 is 0 Å². The standard InChI is InChI=1S/C48H39N5O/c1-48(2,3)54-43-29-33(19-20-34(43)49)47-41-27-25-39(52-41)45(31-15-9-5-10-16-31)37-23-21-35(50-37)44(30-13-7-4-8-14-30)36-22-24-38(51-36)46(32-17-11-6-12-18-32)40-26-28-42(47)53-40/h4-29,50,53H,49H2,1-3H3. The maximum absolute atomic E-state index is 6.49. The van der Waals surface area contributed by atoms with E-state index in [0.29, 0.717) is 11.4 Å². The van der Waals surface area contributed by atoms with E-state index in [1.165, 1.54) is 0 Å². The quantitative estimate of drug-likeness (QED) is 0.156. The number of nitrogens with two attached hydrogens (primary N) is 1. The number of nitrogens with one attached hydrogen (secondary N) is 2. The topological polar surface area (TPSA) is 92.6 Å². The molecule has 8 bridgehead atoms. The molecule has 0 saturated carbocycles. The van der Waals surface area contributed by atoms with Crippen molar-refractivity contribution in [2.45, 2.75) is 26.4 Å². The second-order valence-corrected chi connectivity index (χ2v) is 14.6. The van der Waals surface area contributed by atoms with Gasteiger partial charge in [-0.3, -0.25) is 0 Å². The van der Waals surface area contributed by atoms with Crippen molar-refractivity contribution in [3.05, 3.63) is 156 Å². The molecule has 0 aliphatic carbocycles. The van der Waals surface area contributed by atoms with Crippen LogP contribution in [0.5, 0.6) is 5.75 Å². The molecule has 0 atom stereocenters. The number of fused-ring (bicyclic) bond motifs is 8. The van der Waals surface area contributed by atoms with Crippen molar-refractivity contribution in [3.8, 4) is 50.3 Å². The zero-order valence-corrected chi connectivity index (χ0v) is 30.4. The lowest BCUT2D eigenvalue weighted by atomic mass is 10.0. The molecule has 0 fully saturated rings. The molecule has 2 aliphatic rings. The van der Waals surface area contributed by atoms with Crippen molar-refractivity contribution in [2.24, 2.45) is 0 Å². The predicted octanol–water partition coefficient (Wildman–Crippen LogP) is 12.1. The van der Waals surface area contributed by atoms with E-state index in [4.69, 9.17) is 20.4 Å². The summed E-state index contributed by atoms with van der Waals surface area (Å²) in [6.07, 6.45) is 8.46. The van der Waals surface area contributed by atoms with Gasteiger partial charge in [0.25, 0.3) is 0 Å². The Morgan fingerprint density at radius 2 is 0.796 bits per heavy atom. The minimum absolute atomic E-state index is 0.430. The van der Waals surface area contributed by atoms with Gasteiger partial charge in [-0.1, -0.05) is 97.1 Å². The van der Waals surface area contributed by atoms with Crippen LogP contribution in [0.3, 0.4) is 0 Å². The van der Waals surface area contributed by atoms with Crippen LogP contribution in [0, 0.1) is 0 Å². The Bertz CT molecular complexity index is 2730. The summed E-state index contributed by atoms with van der Waals surface area (Å²) in [6, 6.07) is 45.9. The fourth-order valence-corrected chi connectivity index (χ4v) is 7.34. The van der Waals surface area contributed by atoms with Crippen molar-refractivity contribution >= 4 is 52.1 Å². The van der Waals surface area contributed by atoms with Crippen LogP contribution in [0.2, 0.25) is 0 Å². The number of nitrogens with zero attached hydrogens (tertiary/aromatic N) is 2. The summed E-state index contributed by atoms with van der Waals surface area (Å²) in [5, 5.41) is 0. The van der Waals surface area contributed by atoms with Gasteiger partial charge in [-0.2, -0.15) is 0 Å². The van der Waals surface area contributed by atoms with E-state index in [0.717, 1.165) is 89.4 Å².